The highest BCUT2D eigenvalue weighted by Crippen LogP contribution is 2.20. The third-order valence-corrected chi connectivity index (χ3v) is 5.96. The number of carbonyl (C=O) groups excluding carboxylic acids is 1. The summed E-state index contributed by atoms with van der Waals surface area (Å²) in [5, 5.41) is 11.4. The van der Waals surface area contributed by atoms with Crippen LogP contribution in [0, 0.1) is 0 Å². The Kier molecular flexibility index (Phi) is 7.77. The van der Waals surface area contributed by atoms with Gasteiger partial charge in [-0.15, -0.1) is 0 Å². The number of rotatable bonds is 9. The normalized spacial score (nSPS) is 11.5. The van der Waals surface area contributed by atoms with Crippen LogP contribution in [0.2, 0.25) is 0 Å². The van der Waals surface area contributed by atoms with E-state index in [4.69, 9.17) is 5.11 Å². The van der Waals surface area contributed by atoms with Gasteiger partial charge in [-0.05, 0) is 36.2 Å². The summed E-state index contributed by atoms with van der Waals surface area (Å²) >= 11 is 3.29. The third kappa shape index (κ3) is 5.91. The molecule has 0 heterocycles. The van der Waals surface area contributed by atoms with Gasteiger partial charge >= 0.3 is 0 Å². The van der Waals surface area contributed by atoms with Crippen molar-refractivity contribution < 1.29 is 18.3 Å². The molecule has 0 radical (unpaired) electrons. The average molecular weight is 441 g/mol. The first-order valence-electron chi connectivity index (χ1n) is 8.10. The predicted molar refractivity (Wildman–Crippen MR) is 103 cm³/mol. The summed E-state index contributed by atoms with van der Waals surface area (Å²) < 4.78 is 27.9. The Morgan fingerprint density at radius 2 is 1.73 bits per heavy atom. The van der Waals surface area contributed by atoms with Gasteiger partial charge in [0, 0.05) is 24.2 Å². The summed E-state index contributed by atoms with van der Waals surface area (Å²) in [5.74, 6) is -0.407. The maximum atomic E-state index is 13.0. The molecule has 0 aliphatic carbocycles. The summed E-state index contributed by atoms with van der Waals surface area (Å²) in [4.78, 5) is 12.3. The molecule has 6 nitrogen and oxygen atoms in total. The Morgan fingerprint density at radius 1 is 1.08 bits per heavy atom. The van der Waals surface area contributed by atoms with Crippen molar-refractivity contribution >= 4 is 31.9 Å². The number of carbonyl (C=O) groups is 1. The third-order valence-electron chi connectivity index (χ3n) is 3.63. The van der Waals surface area contributed by atoms with Gasteiger partial charge in [-0.25, -0.2) is 8.42 Å². The number of sulfonamides is 1. The van der Waals surface area contributed by atoms with Crippen LogP contribution in [0.4, 0.5) is 0 Å². The molecular weight excluding hydrogens is 420 g/mol. The van der Waals surface area contributed by atoms with E-state index in [1.54, 1.807) is 12.1 Å². The van der Waals surface area contributed by atoms with Gasteiger partial charge in [0.05, 0.1) is 11.4 Å². The maximum Gasteiger partial charge on any atom is 0.243 e. The molecule has 8 heteroatoms. The first kappa shape index (κ1) is 20.6. The summed E-state index contributed by atoms with van der Waals surface area (Å²) in [7, 11) is -3.84. The van der Waals surface area contributed by atoms with Crippen LogP contribution in [0.3, 0.4) is 0 Å². The minimum absolute atomic E-state index is 0.0365. The molecule has 0 bridgehead atoms. The van der Waals surface area contributed by atoms with Crippen LogP contribution in [0.15, 0.2) is 64.0 Å². The summed E-state index contributed by atoms with van der Waals surface area (Å²) in [5.41, 5.74) is 0.788. The maximum absolute atomic E-state index is 13.0. The summed E-state index contributed by atoms with van der Waals surface area (Å²) in [6.07, 6.45) is 0.421. The molecule has 2 rings (SSSR count). The Balaban J connectivity index is 2.23. The van der Waals surface area contributed by atoms with Gasteiger partial charge in [0.1, 0.15) is 0 Å². The average Bonchev–Trinajstić information content (AvgIpc) is 2.62. The van der Waals surface area contributed by atoms with Crippen LogP contribution in [0.1, 0.15) is 12.0 Å². The van der Waals surface area contributed by atoms with Crippen LogP contribution in [-0.2, 0) is 21.4 Å². The van der Waals surface area contributed by atoms with Gasteiger partial charge < -0.3 is 10.4 Å². The van der Waals surface area contributed by atoms with Gasteiger partial charge in [0.15, 0.2) is 0 Å². The Bertz CT molecular complexity index is 811. The Labute approximate surface area is 162 Å². The number of aliphatic hydroxyl groups excluding tert-OH is 1. The van der Waals surface area contributed by atoms with Crippen LogP contribution in [0.25, 0.3) is 0 Å². The zero-order valence-electron chi connectivity index (χ0n) is 14.1. The van der Waals surface area contributed by atoms with Gasteiger partial charge in [-0.1, -0.05) is 46.3 Å². The van der Waals surface area contributed by atoms with Crippen LogP contribution < -0.4 is 5.32 Å². The van der Waals surface area contributed by atoms with E-state index in [1.165, 1.54) is 12.1 Å². The highest BCUT2D eigenvalue weighted by Gasteiger charge is 2.26. The van der Waals surface area contributed by atoms with Gasteiger partial charge in [0.2, 0.25) is 15.9 Å². The molecule has 2 N–H and O–H groups in total. The van der Waals surface area contributed by atoms with E-state index in [0.717, 1.165) is 14.3 Å². The van der Waals surface area contributed by atoms with Gasteiger partial charge in [-0.3, -0.25) is 4.79 Å². The van der Waals surface area contributed by atoms with Crippen molar-refractivity contribution in [2.24, 2.45) is 0 Å². The lowest BCUT2D eigenvalue weighted by molar-refractivity contribution is -0.121. The second-order valence-corrected chi connectivity index (χ2v) is 8.49. The highest BCUT2D eigenvalue weighted by atomic mass is 79.9. The molecule has 1 amide bonds. The molecule has 0 aliphatic heterocycles. The summed E-state index contributed by atoms with van der Waals surface area (Å²) in [6.45, 7) is 0.0589. The SMILES string of the molecule is O=C(CN(Cc1ccccc1)S(=O)(=O)c1ccc(Br)cc1)NCCCO. The van der Waals surface area contributed by atoms with Crippen molar-refractivity contribution in [2.75, 3.05) is 19.7 Å². The molecule has 0 spiro atoms. The van der Waals surface area contributed by atoms with E-state index in [9.17, 15) is 13.2 Å². The monoisotopic (exact) mass is 440 g/mol. The fraction of sp³-hybridized carbons (Fsp3) is 0.278. The molecule has 0 aromatic heterocycles. The summed E-state index contributed by atoms with van der Waals surface area (Å²) in [6, 6.07) is 15.4. The largest absolute Gasteiger partial charge is 0.396 e. The fourth-order valence-electron chi connectivity index (χ4n) is 2.29. The minimum Gasteiger partial charge on any atom is -0.396 e. The van der Waals surface area contributed by atoms with Crippen molar-refractivity contribution in [3.63, 3.8) is 0 Å². The molecular formula is C18H21BrN2O4S. The standard InChI is InChI=1S/C18H21BrN2O4S/c19-16-7-9-17(10-8-16)26(24,25)21(13-15-5-2-1-3-6-15)14-18(23)20-11-4-12-22/h1-3,5-10,22H,4,11-14H2,(H,20,23). The zero-order valence-corrected chi connectivity index (χ0v) is 16.5. The number of halogens is 1. The van der Waals surface area contributed by atoms with E-state index >= 15 is 0 Å². The van der Waals surface area contributed by atoms with E-state index in [1.807, 2.05) is 30.3 Å². The molecule has 140 valence electrons. The van der Waals surface area contributed by atoms with Crippen molar-refractivity contribution in [1.29, 1.82) is 0 Å². The number of amides is 1. The first-order valence-corrected chi connectivity index (χ1v) is 10.3. The smallest absolute Gasteiger partial charge is 0.243 e. The number of aliphatic hydroxyl groups is 1. The Morgan fingerprint density at radius 3 is 2.35 bits per heavy atom. The first-order chi connectivity index (χ1) is 12.4. The van der Waals surface area contributed by atoms with E-state index in [-0.39, 0.29) is 24.6 Å². The lowest BCUT2D eigenvalue weighted by Crippen LogP contribution is -2.40. The lowest BCUT2D eigenvalue weighted by Gasteiger charge is -2.22. The number of nitrogens with one attached hydrogen (secondary N) is 1. The van der Waals surface area contributed by atoms with Gasteiger partial charge in [0.25, 0.3) is 0 Å². The molecule has 2 aromatic carbocycles. The second-order valence-electron chi connectivity index (χ2n) is 5.64. The molecule has 0 aliphatic rings. The second kappa shape index (κ2) is 9.82. The molecule has 0 fully saturated rings. The van der Waals surface area contributed by atoms with E-state index in [0.29, 0.717) is 13.0 Å². The number of nitrogens with zero attached hydrogens (tertiary/aromatic N) is 1. The van der Waals surface area contributed by atoms with Crippen LogP contribution in [0.5, 0.6) is 0 Å². The fourth-order valence-corrected chi connectivity index (χ4v) is 3.94. The number of benzene rings is 2. The molecule has 0 saturated carbocycles. The van der Waals surface area contributed by atoms with Crippen molar-refractivity contribution in [3.05, 3.63) is 64.6 Å². The highest BCUT2D eigenvalue weighted by molar-refractivity contribution is 9.10. The molecule has 0 saturated heterocycles. The van der Waals surface area contributed by atoms with Crippen molar-refractivity contribution in [3.8, 4) is 0 Å². The molecule has 2 aromatic rings. The van der Waals surface area contributed by atoms with Crippen LogP contribution in [-0.4, -0.2) is 43.4 Å². The van der Waals surface area contributed by atoms with Gasteiger partial charge in [-0.2, -0.15) is 4.31 Å². The van der Waals surface area contributed by atoms with E-state index < -0.39 is 15.9 Å². The predicted octanol–water partition coefficient (Wildman–Crippen LogP) is 2.14. The lowest BCUT2D eigenvalue weighted by atomic mass is 10.2. The quantitative estimate of drug-likeness (QED) is 0.584. The zero-order chi connectivity index (χ0) is 19.0. The number of hydrogen-bond acceptors (Lipinski definition) is 4. The topological polar surface area (TPSA) is 86.7 Å². The van der Waals surface area contributed by atoms with Crippen molar-refractivity contribution in [2.45, 2.75) is 17.9 Å². The molecule has 26 heavy (non-hydrogen) atoms. The Hall–Kier alpha value is -1.74. The van der Waals surface area contributed by atoms with Crippen LogP contribution >= 0.6 is 15.9 Å². The molecule has 0 atom stereocenters. The van der Waals surface area contributed by atoms with Crippen molar-refractivity contribution in [1.82, 2.24) is 9.62 Å². The molecule has 0 unspecified atom stereocenters. The van der Waals surface area contributed by atoms with E-state index in [2.05, 4.69) is 21.2 Å². The minimum atomic E-state index is -3.84. The number of hydrogen-bond donors (Lipinski definition) is 2.